The van der Waals surface area contributed by atoms with Crippen molar-refractivity contribution < 1.29 is 9.90 Å². The number of nitrogens with zero attached hydrogens (tertiary/aromatic N) is 2. The van der Waals surface area contributed by atoms with E-state index >= 15 is 0 Å². The van der Waals surface area contributed by atoms with Gasteiger partial charge in [-0.15, -0.1) is 0 Å². The van der Waals surface area contributed by atoms with Crippen molar-refractivity contribution >= 4 is 11.6 Å². The Hall–Kier alpha value is -1.88. The molecule has 0 spiro atoms. The summed E-state index contributed by atoms with van der Waals surface area (Å²) in [6.45, 7) is 0.135. The Morgan fingerprint density at radius 1 is 1.40 bits per heavy atom. The van der Waals surface area contributed by atoms with Crippen LogP contribution < -0.4 is 5.32 Å². The van der Waals surface area contributed by atoms with E-state index < -0.39 is 0 Å². The summed E-state index contributed by atoms with van der Waals surface area (Å²) in [4.78, 5) is 16.6. The molecule has 20 heavy (non-hydrogen) atoms. The SMILES string of the molecule is O=C(NC1CCCCC1CO)c1cn2ccccc2n1. The Morgan fingerprint density at radius 2 is 2.25 bits per heavy atom. The second kappa shape index (κ2) is 5.63. The minimum atomic E-state index is -0.154. The molecule has 0 saturated heterocycles. The second-order valence-electron chi connectivity index (χ2n) is 5.40. The molecule has 0 radical (unpaired) electrons. The monoisotopic (exact) mass is 273 g/mol. The molecule has 106 valence electrons. The minimum Gasteiger partial charge on any atom is -0.396 e. The molecule has 2 N–H and O–H groups in total. The van der Waals surface area contributed by atoms with E-state index in [-0.39, 0.29) is 24.5 Å². The van der Waals surface area contributed by atoms with Crippen LogP contribution in [0.15, 0.2) is 30.6 Å². The predicted octanol–water partition coefficient (Wildman–Crippen LogP) is 1.62. The summed E-state index contributed by atoms with van der Waals surface area (Å²) in [7, 11) is 0. The third-order valence-electron chi connectivity index (χ3n) is 4.06. The number of nitrogens with one attached hydrogen (secondary N) is 1. The van der Waals surface area contributed by atoms with E-state index in [1.165, 1.54) is 0 Å². The summed E-state index contributed by atoms with van der Waals surface area (Å²) < 4.78 is 1.83. The zero-order valence-corrected chi connectivity index (χ0v) is 11.3. The zero-order valence-electron chi connectivity index (χ0n) is 11.3. The molecule has 2 aromatic heterocycles. The molecule has 1 aliphatic rings. The third-order valence-corrected chi connectivity index (χ3v) is 4.06. The number of hydrogen-bond donors (Lipinski definition) is 2. The largest absolute Gasteiger partial charge is 0.396 e. The van der Waals surface area contributed by atoms with Crippen molar-refractivity contribution in [2.75, 3.05) is 6.61 Å². The first kappa shape index (κ1) is 13.1. The predicted molar refractivity (Wildman–Crippen MR) is 75.5 cm³/mol. The van der Waals surface area contributed by atoms with Crippen LogP contribution in [0.5, 0.6) is 0 Å². The summed E-state index contributed by atoms with van der Waals surface area (Å²) in [5.74, 6) is 0.0174. The number of amides is 1. The maximum Gasteiger partial charge on any atom is 0.271 e. The smallest absolute Gasteiger partial charge is 0.271 e. The maximum atomic E-state index is 12.3. The van der Waals surface area contributed by atoms with E-state index in [4.69, 9.17) is 0 Å². The Morgan fingerprint density at radius 3 is 3.05 bits per heavy atom. The molecule has 1 fully saturated rings. The minimum absolute atomic E-state index is 0.0612. The summed E-state index contributed by atoms with van der Waals surface area (Å²) >= 11 is 0. The van der Waals surface area contributed by atoms with Crippen molar-refractivity contribution in [3.05, 3.63) is 36.3 Å². The highest BCUT2D eigenvalue weighted by molar-refractivity contribution is 5.93. The number of aromatic nitrogens is 2. The van der Waals surface area contributed by atoms with Crippen molar-refractivity contribution in [2.24, 2.45) is 5.92 Å². The quantitative estimate of drug-likeness (QED) is 0.893. The lowest BCUT2D eigenvalue weighted by Crippen LogP contribution is -2.43. The highest BCUT2D eigenvalue weighted by atomic mass is 16.3. The van der Waals surface area contributed by atoms with Gasteiger partial charge in [0.1, 0.15) is 11.3 Å². The van der Waals surface area contributed by atoms with Gasteiger partial charge in [-0.25, -0.2) is 4.98 Å². The Kier molecular flexibility index (Phi) is 3.69. The van der Waals surface area contributed by atoms with Gasteiger partial charge in [-0.05, 0) is 25.0 Å². The molecule has 3 rings (SSSR count). The van der Waals surface area contributed by atoms with E-state index in [0.717, 1.165) is 31.3 Å². The molecule has 0 aliphatic heterocycles. The van der Waals surface area contributed by atoms with Crippen LogP contribution >= 0.6 is 0 Å². The molecule has 2 atom stereocenters. The van der Waals surface area contributed by atoms with Crippen LogP contribution in [0.2, 0.25) is 0 Å². The Balaban J connectivity index is 1.75. The molecule has 1 aliphatic carbocycles. The van der Waals surface area contributed by atoms with Gasteiger partial charge in [0.15, 0.2) is 0 Å². The molecule has 2 aromatic rings. The van der Waals surface area contributed by atoms with Crippen LogP contribution in [0.4, 0.5) is 0 Å². The highest BCUT2D eigenvalue weighted by Crippen LogP contribution is 2.24. The number of rotatable bonds is 3. The van der Waals surface area contributed by atoms with Crippen molar-refractivity contribution in [1.82, 2.24) is 14.7 Å². The molecule has 5 nitrogen and oxygen atoms in total. The average Bonchev–Trinajstić information content (AvgIpc) is 2.92. The van der Waals surface area contributed by atoms with E-state index in [1.807, 2.05) is 28.8 Å². The standard InChI is InChI=1S/C15H19N3O2/c19-10-11-5-1-2-6-12(11)17-15(20)13-9-18-8-4-3-7-14(18)16-13/h3-4,7-9,11-12,19H,1-2,5-6,10H2,(H,17,20). The molecule has 2 heterocycles. The second-order valence-corrected chi connectivity index (χ2v) is 5.40. The zero-order chi connectivity index (χ0) is 13.9. The molecule has 1 amide bonds. The van der Waals surface area contributed by atoms with E-state index in [1.54, 1.807) is 6.20 Å². The van der Waals surface area contributed by atoms with Gasteiger partial charge in [0.05, 0.1) is 0 Å². The van der Waals surface area contributed by atoms with Gasteiger partial charge in [-0.3, -0.25) is 4.79 Å². The Labute approximate surface area is 117 Å². The topological polar surface area (TPSA) is 66.6 Å². The molecule has 0 bridgehead atoms. The lowest BCUT2D eigenvalue weighted by molar-refractivity contribution is 0.0868. The molecule has 5 heteroatoms. The number of imidazole rings is 1. The van der Waals surface area contributed by atoms with Gasteiger partial charge in [0.2, 0.25) is 0 Å². The first-order chi connectivity index (χ1) is 9.78. The van der Waals surface area contributed by atoms with Gasteiger partial charge in [-0.2, -0.15) is 0 Å². The fraction of sp³-hybridized carbons (Fsp3) is 0.467. The number of pyridine rings is 1. The number of carbonyl (C=O) groups excluding carboxylic acids is 1. The van der Waals surface area contributed by atoms with Crippen LogP contribution in [-0.2, 0) is 0 Å². The average molecular weight is 273 g/mol. The van der Waals surface area contributed by atoms with Crippen molar-refractivity contribution in [3.8, 4) is 0 Å². The summed E-state index contributed by atoms with van der Waals surface area (Å²) in [5.41, 5.74) is 1.19. The number of aliphatic hydroxyl groups is 1. The molecule has 2 unspecified atom stereocenters. The van der Waals surface area contributed by atoms with E-state index in [0.29, 0.717) is 5.69 Å². The van der Waals surface area contributed by atoms with Crippen LogP contribution in [0.3, 0.4) is 0 Å². The first-order valence-corrected chi connectivity index (χ1v) is 7.13. The molecule has 1 saturated carbocycles. The fourth-order valence-electron chi connectivity index (χ4n) is 2.90. The van der Waals surface area contributed by atoms with Crippen LogP contribution in [0.1, 0.15) is 36.2 Å². The fourth-order valence-corrected chi connectivity index (χ4v) is 2.90. The number of fused-ring (bicyclic) bond motifs is 1. The highest BCUT2D eigenvalue weighted by Gasteiger charge is 2.26. The summed E-state index contributed by atoms with van der Waals surface area (Å²) in [6, 6.07) is 5.73. The van der Waals surface area contributed by atoms with Crippen molar-refractivity contribution in [3.63, 3.8) is 0 Å². The van der Waals surface area contributed by atoms with Gasteiger partial charge >= 0.3 is 0 Å². The van der Waals surface area contributed by atoms with Gasteiger partial charge in [0, 0.05) is 31.0 Å². The van der Waals surface area contributed by atoms with E-state index in [2.05, 4.69) is 10.3 Å². The van der Waals surface area contributed by atoms with Crippen LogP contribution in [0.25, 0.3) is 5.65 Å². The van der Waals surface area contributed by atoms with Crippen molar-refractivity contribution in [1.29, 1.82) is 0 Å². The van der Waals surface area contributed by atoms with Crippen LogP contribution in [-0.4, -0.2) is 33.0 Å². The maximum absolute atomic E-state index is 12.3. The van der Waals surface area contributed by atoms with Crippen molar-refractivity contribution in [2.45, 2.75) is 31.7 Å². The normalized spacial score (nSPS) is 22.9. The number of carbonyl (C=O) groups is 1. The number of aliphatic hydroxyl groups excluding tert-OH is 1. The summed E-state index contributed by atoms with van der Waals surface area (Å²) in [6.07, 6.45) is 7.76. The molecular formula is C15H19N3O2. The van der Waals surface area contributed by atoms with Gasteiger partial charge in [-0.1, -0.05) is 18.9 Å². The summed E-state index contributed by atoms with van der Waals surface area (Å²) in [5, 5.41) is 12.4. The van der Waals surface area contributed by atoms with E-state index in [9.17, 15) is 9.90 Å². The molecular weight excluding hydrogens is 254 g/mol. The lowest BCUT2D eigenvalue weighted by atomic mass is 9.85. The Bertz CT molecular complexity index is 575. The molecule has 0 aromatic carbocycles. The lowest BCUT2D eigenvalue weighted by Gasteiger charge is -2.30. The van der Waals surface area contributed by atoms with Gasteiger partial charge in [0.25, 0.3) is 5.91 Å². The first-order valence-electron chi connectivity index (χ1n) is 7.13. The van der Waals surface area contributed by atoms with Crippen LogP contribution in [0, 0.1) is 5.92 Å². The number of hydrogen-bond acceptors (Lipinski definition) is 3. The third kappa shape index (κ3) is 2.54. The van der Waals surface area contributed by atoms with Gasteiger partial charge < -0.3 is 14.8 Å².